The molecule has 0 unspecified atom stereocenters. The second-order valence-corrected chi connectivity index (χ2v) is 5.17. The molecule has 0 saturated carbocycles. The normalized spacial score (nSPS) is 10.8. The molecule has 1 aromatic heterocycles. The van der Waals surface area contributed by atoms with Gasteiger partial charge in [-0.2, -0.15) is 0 Å². The molecule has 0 spiro atoms. The fraction of sp³-hybridized carbons (Fsp3) is 0.125. The maximum Gasteiger partial charge on any atom is 0.232 e. The number of carbonyl (C=O) groups excluding carboxylic acids is 1. The Hall–Kier alpha value is -2.33. The molecule has 0 atom stereocenters. The fourth-order valence-electron chi connectivity index (χ4n) is 2.16. The molecule has 0 bridgehead atoms. The van der Waals surface area contributed by atoms with E-state index in [0.717, 1.165) is 11.1 Å². The number of hydrogen-bond donors (Lipinski definition) is 0. The number of rotatable bonds is 3. The van der Waals surface area contributed by atoms with Crippen LogP contribution >= 0.6 is 11.6 Å². The van der Waals surface area contributed by atoms with Crippen LogP contribution in [0, 0.1) is 0 Å². The number of para-hydroxylation sites is 1. The second-order valence-electron chi connectivity index (χ2n) is 4.73. The number of amides is 1. The first-order valence-corrected chi connectivity index (χ1v) is 6.88. The molecular weight excluding hydrogens is 288 g/mol. The molecule has 0 radical (unpaired) electrons. The quantitative estimate of drug-likeness (QED) is 0.741. The maximum atomic E-state index is 12.4. The highest BCUT2D eigenvalue weighted by Crippen LogP contribution is 2.21. The van der Waals surface area contributed by atoms with Crippen LogP contribution in [0.1, 0.15) is 5.69 Å². The number of benzene rings is 2. The van der Waals surface area contributed by atoms with Crippen molar-refractivity contribution in [2.75, 3.05) is 11.9 Å². The van der Waals surface area contributed by atoms with Crippen LogP contribution in [-0.4, -0.2) is 18.1 Å². The van der Waals surface area contributed by atoms with Crippen molar-refractivity contribution in [2.45, 2.75) is 6.42 Å². The molecule has 0 N–H and O–H groups in total. The molecule has 106 valence electrons. The Kier molecular flexibility index (Phi) is 3.62. The molecule has 0 aliphatic rings. The van der Waals surface area contributed by atoms with Gasteiger partial charge >= 0.3 is 0 Å². The molecule has 0 fully saturated rings. The minimum atomic E-state index is -0.0729. The molecule has 0 saturated heterocycles. The number of nitrogens with zero attached hydrogens (tertiary/aromatic N) is 2. The summed E-state index contributed by atoms with van der Waals surface area (Å²) in [6.45, 7) is 0. The molecule has 1 heterocycles. The van der Waals surface area contributed by atoms with Gasteiger partial charge in [-0.05, 0) is 30.3 Å². The second kappa shape index (κ2) is 5.58. The lowest BCUT2D eigenvalue weighted by Crippen LogP contribution is -2.27. The third-order valence-corrected chi connectivity index (χ3v) is 3.58. The van der Waals surface area contributed by atoms with Gasteiger partial charge in [-0.15, -0.1) is 0 Å². The number of halogens is 1. The van der Waals surface area contributed by atoms with E-state index in [-0.39, 0.29) is 12.3 Å². The largest absolute Gasteiger partial charge is 0.356 e. The van der Waals surface area contributed by atoms with Crippen molar-refractivity contribution in [3.63, 3.8) is 0 Å². The maximum absolute atomic E-state index is 12.4. The molecule has 4 nitrogen and oxygen atoms in total. The zero-order chi connectivity index (χ0) is 14.8. The lowest BCUT2D eigenvalue weighted by atomic mass is 10.1. The number of anilines is 1. The van der Waals surface area contributed by atoms with Gasteiger partial charge in [0.1, 0.15) is 5.69 Å². The van der Waals surface area contributed by atoms with Crippen LogP contribution in [0.5, 0.6) is 0 Å². The van der Waals surface area contributed by atoms with Crippen molar-refractivity contribution in [3.05, 3.63) is 59.2 Å². The molecule has 5 heteroatoms. The molecule has 3 aromatic rings. The number of hydrogen-bond acceptors (Lipinski definition) is 3. The summed E-state index contributed by atoms with van der Waals surface area (Å²) in [4.78, 5) is 13.9. The topological polar surface area (TPSA) is 46.3 Å². The van der Waals surface area contributed by atoms with Crippen LogP contribution in [-0.2, 0) is 11.2 Å². The summed E-state index contributed by atoms with van der Waals surface area (Å²) in [5, 5.41) is 5.44. The summed E-state index contributed by atoms with van der Waals surface area (Å²) in [7, 11) is 1.72. The van der Waals surface area contributed by atoms with Crippen LogP contribution in [0.4, 0.5) is 5.69 Å². The van der Waals surface area contributed by atoms with Gasteiger partial charge in [0.05, 0.1) is 6.42 Å². The Morgan fingerprint density at radius 3 is 2.86 bits per heavy atom. The summed E-state index contributed by atoms with van der Waals surface area (Å²) in [6.07, 6.45) is 0.181. The first kappa shape index (κ1) is 13.6. The van der Waals surface area contributed by atoms with Gasteiger partial charge in [-0.25, -0.2) is 0 Å². The van der Waals surface area contributed by atoms with Crippen molar-refractivity contribution in [1.82, 2.24) is 5.16 Å². The predicted molar refractivity (Wildman–Crippen MR) is 82.6 cm³/mol. The van der Waals surface area contributed by atoms with Gasteiger partial charge in [-0.3, -0.25) is 4.79 Å². The third-order valence-electron chi connectivity index (χ3n) is 3.34. The summed E-state index contributed by atoms with van der Waals surface area (Å²) in [6, 6.07) is 14.7. The van der Waals surface area contributed by atoms with E-state index in [9.17, 15) is 4.79 Å². The summed E-state index contributed by atoms with van der Waals surface area (Å²) in [5.41, 5.74) is 2.08. The lowest BCUT2D eigenvalue weighted by Gasteiger charge is -2.16. The Bertz CT molecular complexity index is 798. The Morgan fingerprint density at radius 1 is 1.24 bits per heavy atom. The molecule has 1 amide bonds. The van der Waals surface area contributed by atoms with E-state index < -0.39 is 0 Å². The SMILES string of the molecule is CN(C(=O)Cc1noc2ccccc12)c1cccc(Cl)c1. The smallest absolute Gasteiger partial charge is 0.232 e. The van der Waals surface area contributed by atoms with Gasteiger partial charge in [0.2, 0.25) is 5.91 Å². The first-order valence-electron chi connectivity index (χ1n) is 6.50. The monoisotopic (exact) mass is 300 g/mol. The van der Waals surface area contributed by atoms with Gasteiger partial charge in [0, 0.05) is 23.1 Å². The van der Waals surface area contributed by atoms with E-state index in [2.05, 4.69) is 5.16 Å². The average Bonchev–Trinajstić information content (AvgIpc) is 2.90. The summed E-state index contributed by atoms with van der Waals surface area (Å²) >= 11 is 5.95. The van der Waals surface area contributed by atoms with Crippen molar-refractivity contribution in [2.24, 2.45) is 0 Å². The van der Waals surface area contributed by atoms with Gasteiger partial charge < -0.3 is 9.42 Å². The Morgan fingerprint density at radius 2 is 2.05 bits per heavy atom. The van der Waals surface area contributed by atoms with Crippen LogP contribution in [0.15, 0.2) is 53.1 Å². The molecule has 0 aliphatic carbocycles. The Balaban J connectivity index is 1.83. The first-order chi connectivity index (χ1) is 10.1. The highest BCUT2D eigenvalue weighted by atomic mass is 35.5. The molecule has 0 aliphatic heterocycles. The van der Waals surface area contributed by atoms with Crippen LogP contribution in [0.2, 0.25) is 5.02 Å². The van der Waals surface area contributed by atoms with E-state index in [0.29, 0.717) is 16.3 Å². The van der Waals surface area contributed by atoms with Gasteiger partial charge in [-0.1, -0.05) is 35.0 Å². The number of fused-ring (bicyclic) bond motifs is 1. The molecular formula is C16H13ClN2O2. The van der Waals surface area contributed by atoms with Crippen LogP contribution in [0.3, 0.4) is 0 Å². The standard InChI is InChI=1S/C16H13ClN2O2/c1-19(12-6-4-5-11(17)9-12)16(20)10-14-13-7-2-3-8-15(13)21-18-14/h2-9H,10H2,1H3. The van der Waals surface area contributed by atoms with Crippen molar-refractivity contribution in [1.29, 1.82) is 0 Å². The highest BCUT2D eigenvalue weighted by molar-refractivity contribution is 6.30. The fourth-order valence-corrected chi connectivity index (χ4v) is 2.34. The van der Waals surface area contributed by atoms with Crippen LogP contribution in [0.25, 0.3) is 11.0 Å². The molecule has 3 rings (SSSR count). The number of carbonyl (C=O) groups is 1. The average molecular weight is 301 g/mol. The Labute approximate surface area is 126 Å². The van der Waals surface area contributed by atoms with Gasteiger partial charge in [0.25, 0.3) is 0 Å². The number of aromatic nitrogens is 1. The third kappa shape index (κ3) is 2.76. The van der Waals surface area contributed by atoms with Gasteiger partial charge in [0.15, 0.2) is 5.58 Å². The van der Waals surface area contributed by atoms with E-state index in [1.54, 1.807) is 24.1 Å². The van der Waals surface area contributed by atoms with Crippen molar-refractivity contribution >= 4 is 34.2 Å². The van der Waals surface area contributed by atoms with Crippen molar-refractivity contribution in [3.8, 4) is 0 Å². The van der Waals surface area contributed by atoms with E-state index in [1.165, 1.54) is 0 Å². The van der Waals surface area contributed by atoms with E-state index in [4.69, 9.17) is 16.1 Å². The minimum Gasteiger partial charge on any atom is -0.356 e. The molecule has 2 aromatic carbocycles. The lowest BCUT2D eigenvalue weighted by molar-refractivity contribution is -0.117. The number of likely N-dealkylation sites (N-methyl/N-ethyl adjacent to an activating group) is 1. The zero-order valence-corrected chi connectivity index (χ0v) is 12.2. The minimum absolute atomic E-state index is 0.0729. The van der Waals surface area contributed by atoms with Crippen LogP contribution < -0.4 is 4.90 Å². The highest BCUT2D eigenvalue weighted by Gasteiger charge is 2.16. The molecule has 21 heavy (non-hydrogen) atoms. The zero-order valence-electron chi connectivity index (χ0n) is 11.4. The summed E-state index contributed by atoms with van der Waals surface area (Å²) in [5.74, 6) is -0.0729. The van der Waals surface area contributed by atoms with E-state index >= 15 is 0 Å². The van der Waals surface area contributed by atoms with E-state index in [1.807, 2.05) is 36.4 Å². The summed E-state index contributed by atoms with van der Waals surface area (Å²) < 4.78 is 5.21. The van der Waals surface area contributed by atoms with Crippen molar-refractivity contribution < 1.29 is 9.32 Å². The predicted octanol–water partition coefficient (Wildman–Crippen LogP) is 3.69.